The van der Waals surface area contributed by atoms with Crippen molar-refractivity contribution in [2.75, 3.05) is 19.6 Å². The molecule has 0 saturated carbocycles. The molecule has 2 aromatic carbocycles. The van der Waals surface area contributed by atoms with E-state index in [2.05, 4.69) is 27.7 Å². The van der Waals surface area contributed by atoms with E-state index in [4.69, 9.17) is 0 Å². The predicted molar refractivity (Wildman–Crippen MR) is 122 cm³/mol. The fourth-order valence-electron chi connectivity index (χ4n) is 4.56. The number of likely N-dealkylation sites (tertiary alicyclic amines) is 1. The largest absolute Gasteiger partial charge is 0.353 e. The molecule has 2 aromatic rings. The van der Waals surface area contributed by atoms with E-state index in [1.165, 1.54) is 5.56 Å². The van der Waals surface area contributed by atoms with Crippen molar-refractivity contribution in [3.63, 3.8) is 0 Å². The second-order valence-electron chi connectivity index (χ2n) is 8.72. The van der Waals surface area contributed by atoms with Crippen molar-refractivity contribution >= 4 is 17.8 Å². The lowest BCUT2D eigenvalue weighted by molar-refractivity contribution is -0.134. The van der Waals surface area contributed by atoms with Gasteiger partial charge in [-0.2, -0.15) is 0 Å². The first-order valence-corrected chi connectivity index (χ1v) is 11.2. The molecule has 7 nitrogen and oxygen atoms in total. The van der Waals surface area contributed by atoms with Crippen LogP contribution in [-0.2, 0) is 21.7 Å². The van der Waals surface area contributed by atoms with E-state index in [0.717, 1.165) is 37.3 Å². The number of carbonyl (C=O) groups excluding carboxylic acids is 3. The van der Waals surface area contributed by atoms with Crippen LogP contribution in [0.15, 0.2) is 60.7 Å². The summed E-state index contributed by atoms with van der Waals surface area (Å²) in [6, 6.07) is 19.1. The van der Waals surface area contributed by atoms with Crippen LogP contribution >= 0.6 is 0 Å². The van der Waals surface area contributed by atoms with E-state index < -0.39 is 17.5 Å². The number of hydrogen-bond acceptors (Lipinski definition) is 4. The first-order valence-electron chi connectivity index (χ1n) is 11.2. The van der Waals surface area contributed by atoms with Crippen LogP contribution < -0.4 is 10.6 Å². The van der Waals surface area contributed by atoms with E-state index in [1.54, 1.807) is 19.1 Å². The molecule has 0 bridgehead atoms. The van der Waals surface area contributed by atoms with Crippen molar-refractivity contribution in [3.05, 3.63) is 71.8 Å². The highest BCUT2D eigenvalue weighted by molar-refractivity contribution is 6.09. The summed E-state index contributed by atoms with van der Waals surface area (Å²) in [5.74, 6) is -0.733. The van der Waals surface area contributed by atoms with Crippen molar-refractivity contribution in [3.8, 4) is 0 Å². The van der Waals surface area contributed by atoms with E-state index in [-0.39, 0.29) is 18.5 Å². The zero-order chi connectivity index (χ0) is 22.6. The Balaban J connectivity index is 1.34. The highest BCUT2D eigenvalue weighted by Crippen LogP contribution is 2.28. The zero-order valence-corrected chi connectivity index (χ0v) is 18.4. The average Bonchev–Trinajstić information content (AvgIpc) is 3.03. The van der Waals surface area contributed by atoms with Gasteiger partial charge in [-0.05, 0) is 37.4 Å². The molecule has 2 N–H and O–H groups in total. The summed E-state index contributed by atoms with van der Waals surface area (Å²) in [5.41, 5.74) is 0.791. The third-order valence-corrected chi connectivity index (χ3v) is 6.44. The quantitative estimate of drug-likeness (QED) is 0.657. The molecule has 2 aliphatic heterocycles. The van der Waals surface area contributed by atoms with Crippen LogP contribution in [0.5, 0.6) is 0 Å². The minimum absolute atomic E-state index is 0.241. The first kappa shape index (κ1) is 22.0. The Morgan fingerprint density at radius 3 is 2.47 bits per heavy atom. The maximum Gasteiger partial charge on any atom is 0.325 e. The average molecular weight is 435 g/mol. The molecular formula is C25H30N4O3. The Hall–Kier alpha value is -3.19. The van der Waals surface area contributed by atoms with Gasteiger partial charge in [0.2, 0.25) is 5.91 Å². The van der Waals surface area contributed by atoms with Gasteiger partial charge in [0.15, 0.2) is 0 Å². The Kier molecular flexibility index (Phi) is 6.55. The highest BCUT2D eigenvalue weighted by atomic mass is 16.2. The summed E-state index contributed by atoms with van der Waals surface area (Å²) >= 11 is 0. The molecule has 168 valence electrons. The van der Waals surface area contributed by atoms with Gasteiger partial charge in [-0.1, -0.05) is 67.1 Å². The number of urea groups is 1. The summed E-state index contributed by atoms with van der Waals surface area (Å²) in [5, 5.41) is 5.69. The Bertz CT molecular complexity index is 966. The van der Waals surface area contributed by atoms with Crippen LogP contribution in [0.3, 0.4) is 0 Å². The van der Waals surface area contributed by atoms with Crippen molar-refractivity contribution < 1.29 is 14.4 Å². The van der Waals surface area contributed by atoms with Crippen LogP contribution in [0.2, 0.25) is 0 Å². The van der Waals surface area contributed by atoms with Gasteiger partial charge in [-0.15, -0.1) is 0 Å². The topological polar surface area (TPSA) is 81.8 Å². The molecule has 0 radical (unpaired) electrons. The molecule has 4 amide bonds. The number of rotatable bonds is 7. The Morgan fingerprint density at radius 2 is 1.75 bits per heavy atom. The van der Waals surface area contributed by atoms with Crippen molar-refractivity contribution in [2.45, 2.75) is 44.3 Å². The number of amides is 4. The van der Waals surface area contributed by atoms with Crippen LogP contribution in [0.4, 0.5) is 4.79 Å². The number of imide groups is 1. The lowest BCUT2D eigenvalue weighted by Crippen LogP contribution is -2.48. The number of hydrogen-bond donors (Lipinski definition) is 2. The maximum absolute atomic E-state index is 13.0. The molecule has 0 spiro atoms. The molecule has 0 aliphatic carbocycles. The fraction of sp³-hybridized carbons (Fsp3) is 0.400. The molecule has 2 saturated heterocycles. The molecule has 7 heteroatoms. The molecule has 2 aliphatic rings. The molecule has 2 atom stereocenters. The Morgan fingerprint density at radius 1 is 1.06 bits per heavy atom. The van der Waals surface area contributed by atoms with Gasteiger partial charge < -0.3 is 10.6 Å². The second-order valence-corrected chi connectivity index (χ2v) is 8.72. The highest BCUT2D eigenvalue weighted by Gasteiger charge is 2.49. The second kappa shape index (κ2) is 9.53. The van der Waals surface area contributed by atoms with Crippen molar-refractivity contribution in [2.24, 2.45) is 0 Å². The summed E-state index contributed by atoms with van der Waals surface area (Å²) in [6.07, 6.45) is 3.30. The van der Waals surface area contributed by atoms with Crippen molar-refractivity contribution in [1.29, 1.82) is 0 Å². The minimum Gasteiger partial charge on any atom is -0.353 e. The van der Waals surface area contributed by atoms with E-state index in [0.29, 0.717) is 12.1 Å². The van der Waals surface area contributed by atoms with E-state index >= 15 is 0 Å². The number of piperidine rings is 1. The van der Waals surface area contributed by atoms with Crippen LogP contribution in [-0.4, -0.2) is 53.3 Å². The molecular weight excluding hydrogens is 404 g/mol. The normalized spacial score (nSPS) is 23.8. The van der Waals surface area contributed by atoms with E-state index in [9.17, 15) is 14.4 Å². The lowest BCUT2D eigenvalue weighted by atomic mass is 9.92. The number of carbonyl (C=O) groups is 3. The summed E-state index contributed by atoms with van der Waals surface area (Å²) in [7, 11) is 0. The fourth-order valence-corrected chi connectivity index (χ4v) is 4.56. The smallest absolute Gasteiger partial charge is 0.325 e. The molecule has 0 aromatic heterocycles. The SMILES string of the molecule is CC1(c2ccccc2)NC(=O)N(CC(=O)NCC2CCCCN2Cc2ccccc2)C1=O. The predicted octanol–water partition coefficient (Wildman–Crippen LogP) is 2.62. The summed E-state index contributed by atoms with van der Waals surface area (Å²) in [4.78, 5) is 41.5. The minimum atomic E-state index is -1.16. The molecule has 2 heterocycles. The van der Waals surface area contributed by atoms with E-state index in [1.807, 2.05) is 36.4 Å². The Labute approximate surface area is 188 Å². The molecule has 32 heavy (non-hydrogen) atoms. The zero-order valence-electron chi connectivity index (χ0n) is 18.4. The van der Waals surface area contributed by atoms with Gasteiger partial charge in [0.1, 0.15) is 12.1 Å². The van der Waals surface area contributed by atoms with Gasteiger partial charge in [0, 0.05) is 19.1 Å². The number of nitrogens with one attached hydrogen (secondary N) is 2. The number of benzene rings is 2. The van der Waals surface area contributed by atoms with Gasteiger partial charge in [0.25, 0.3) is 5.91 Å². The molecule has 4 rings (SSSR count). The third kappa shape index (κ3) is 4.67. The third-order valence-electron chi connectivity index (χ3n) is 6.44. The van der Waals surface area contributed by atoms with Crippen LogP contribution in [0.1, 0.15) is 37.3 Å². The van der Waals surface area contributed by atoms with Crippen LogP contribution in [0.25, 0.3) is 0 Å². The summed E-state index contributed by atoms with van der Waals surface area (Å²) < 4.78 is 0. The summed E-state index contributed by atoms with van der Waals surface area (Å²) in [6.45, 7) is 3.75. The van der Waals surface area contributed by atoms with Crippen molar-refractivity contribution in [1.82, 2.24) is 20.4 Å². The van der Waals surface area contributed by atoms with Gasteiger partial charge in [-0.3, -0.25) is 19.4 Å². The van der Waals surface area contributed by atoms with Gasteiger partial charge in [-0.25, -0.2) is 4.79 Å². The monoisotopic (exact) mass is 434 g/mol. The van der Waals surface area contributed by atoms with Crippen LogP contribution in [0, 0.1) is 0 Å². The number of nitrogens with zero attached hydrogens (tertiary/aromatic N) is 2. The maximum atomic E-state index is 13.0. The van der Waals surface area contributed by atoms with Gasteiger partial charge in [0.05, 0.1) is 0 Å². The molecule has 2 unspecified atom stereocenters. The first-order chi connectivity index (χ1) is 15.5. The standard InChI is InChI=1S/C25H30N4O3/c1-25(20-12-6-3-7-13-20)23(31)29(24(32)27-25)18-22(30)26-16-21-14-8-9-15-28(21)17-19-10-4-2-5-11-19/h2-7,10-13,21H,8-9,14-18H2,1H3,(H,26,30)(H,27,32). The molecule has 2 fully saturated rings. The van der Waals surface area contributed by atoms with Gasteiger partial charge >= 0.3 is 6.03 Å². The lowest BCUT2D eigenvalue weighted by Gasteiger charge is -2.36.